The molecule has 0 aromatic heterocycles. The van der Waals surface area contributed by atoms with Crippen LogP contribution in [0.5, 0.6) is 11.5 Å². The summed E-state index contributed by atoms with van der Waals surface area (Å²) in [5, 5.41) is 5.96. The minimum Gasteiger partial charge on any atom is -0.497 e. The molecule has 0 aliphatic heterocycles. The molecule has 2 aromatic rings. The zero-order valence-corrected chi connectivity index (χ0v) is 14.7. The Bertz CT molecular complexity index is 694. The maximum absolute atomic E-state index is 12.0. The van der Waals surface area contributed by atoms with Crippen molar-refractivity contribution in [1.82, 2.24) is 5.32 Å². The molecule has 132 valence electrons. The maximum Gasteiger partial charge on any atom is 0.238 e. The van der Waals surface area contributed by atoms with Gasteiger partial charge in [-0.15, -0.1) is 0 Å². The van der Waals surface area contributed by atoms with E-state index in [0.717, 1.165) is 28.3 Å². The van der Waals surface area contributed by atoms with Crippen LogP contribution < -0.4 is 20.1 Å². The SMILES string of the molecule is C=C(C)COc1ccc(NC(=O)CNCc2ccc(OC)cc2)cc1. The maximum atomic E-state index is 12.0. The molecule has 0 atom stereocenters. The molecule has 0 unspecified atom stereocenters. The van der Waals surface area contributed by atoms with E-state index >= 15 is 0 Å². The Labute approximate surface area is 148 Å². The van der Waals surface area contributed by atoms with Gasteiger partial charge in [-0.1, -0.05) is 18.7 Å². The van der Waals surface area contributed by atoms with E-state index in [1.54, 1.807) is 7.11 Å². The van der Waals surface area contributed by atoms with Gasteiger partial charge in [-0.3, -0.25) is 4.79 Å². The Morgan fingerprint density at radius 3 is 2.28 bits per heavy atom. The number of carbonyl (C=O) groups is 1. The molecule has 5 nitrogen and oxygen atoms in total. The normalized spacial score (nSPS) is 10.2. The van der Waals surface area contributed by atoms with Crippen molar-refractivity contribution in [3.05, 3.63) is 66.2 Å². The number of amides is 1. The third-order valence-electron chi connectivity index (χ3n) is 3.40. The number of carbonyl (C=O) groups excluding carboxylic acids is 1. The molecular weight excluding hydrogens is 316 g/mol. The van der Waals surface area contributed by atoms with Crippen LogP contribution in [0.2, 0.25) is 0 Å². The summed E-state index contributed by atoms with van der Waals surface area (Å²) in [6.07, 6.45) is 0. The summed E-state index contributed by atoms with van der Waals surface area (Å²) >= 11 is 0. The predicted octanol–water partition coefficient (Wildman–Crippen LogP) is 3.38. The van der Waals surface area contributed by atoms with E-state index in [2.05, 4.69) is 17.2 Å². The van der Waals surface area contributed by atoms with Gasteiger partial charge in [0.05, 0.1) is 13.7 Å². The first kappa shape index (κ1) is 18.5. The Kier molecular flexibility index (Phi) is 7.04. The van der Waals surface area contributed by atoms with Gasteiger partial charge in [-0.05, 0) is 54.5 Å². The largest absolute Gasteiger partial charge is 0.497 e. The molecule has 2 N–H and O–H groups in total. The first-order valence-corrected chi connectivity index (χ1v) is 8.07. The number of hydrogen-bond donors (Lipinski definition) is 2. The number of anilines is 1. The molecule has 5 heteroatoms. The lowest BCUT2D eigenvalue weighted by Crippen LogP contribution is -2.27. The molecule has 0 fully saturated rings. The molecule has 0 radical (unpaired) electrons. The van der Waals surface area contributed by atoms with Crippen LogP contribution in [0.15, 0.2) is 60.7 Å². The molecule has 0 spiro atoms. The summed E-state index contributed by atoms with van der Waals surface area (Å²) < 4.78 is 10.6. The summed E-state index contributed by atoms with van der Waals surface area (Å²) in [5.41, 5.74) is 2.78. The summed E-state index contributed by atoms with van der Waals surface area (Å²) in [4.78, 5) is 12.0. The number of methoxy groups -OCH3 is 1. The zero-order chi connectivity index (χ0) is 18.1. The lowest BCUT2D eigenvalue weighted by molar-refractivity contribution is -0.115. The van der Waals surface area contributed by atoms with Crippen molar-refractivity contribution in [2.75, 3.05) is 25.6 Å². The summed E-state index contributed by atoms with van der Waals surface area (Å²) in [7, 11) is 1.64. The van der Waals surface area contributed by atoms with Crippen molar-refractivity contribution in [2.24, 2.45) is 0 Å². The molecule has 0 heterocycles. The minimum absolute atomic E-state index is 0.0934. The Hall–Kier alpha value is -2.79. The van der Waals surface area contributed by atoms with Gasteiger partial charge in [0.2, 0.25) is 5.91 Å². The van der Waals surface area contributed by atoms with Crippen molar-refractivity contribution in [3.63, 3.8) is 0 Å². The fraction of sp³-hybridized carbons (Fsp3) is 0.250. The topological polar surface area (TPSA) is 59.6 Å². The van der Waals surface area contributed by atoms with E-state index in [-0.39, 0.29) is 12.5 Å². The molecule has 0 aliphatic rings. The number of hydrogen-bond acceptors (Lipinski definition) is 4. The molecule has 0 saturated heterocycles. The van der Waals surface area contributed by atoms with Crippen molar-refractivity contribution in [1.29, 1.82) is 0 Å². The van der Waals surface area contributed by atoms with Gasteiger partial charge in [0.1, 0.15) is 18.1 Å². The predicted molar refractivity (Wildman–Crippen MR) is 100 cm³/mol. The molecule has 0 saturated carbocycles. The lowest BCUT2D eigenvalue weighted by atomic mass is 10.2. The molecule has 25 heavy (non-hydrogen) atoms. The van der Waals surface area contributed by atoms with Gasteiger partial charge in [-0.25, -0.2) is 0 Å². The number of benzene rings is 2. The molecule has 0 bridgehead atoms. The quantitative estimate of drug-likeness (QED) is 0.687. The minimum atomic E-state index is -0.0934. The van der Waals surface area contributed by atoms with Crippen molar-refractivity contribution in [2.45, 2.75) is 13.5 Å². The van der Waals surface area contributed by atoms with Gasteiger partial charge in [0.15, 0.2) is 0 Å². The highest BCUT2D eigenvalue weighted by Gasteiger charge is 2.03. The number of ether oxygens (including phenoxy) is 2. The average Bonchev–Trinajstić information content (AvgIpc) is 2.61. The van der Waals surface area contributed by atoms with Crippen molar-refractivity contribution in [3.8, 4) is 11.5 Å². The van der Waals surface area contributed by atoms with E-state index in [1.165, 1.54) is 0 Å². The fourth-order valence-corrected chi connectivity index (χ4v) is 2.11. The van der Waals surface area contributed by atoms with Gasteiger partial charge in [-0.2, -0.15) is 0 Å². The van der Waals surface area contributed by atoms with Crippen LogP contribution in [0.1, 0.15) is 12.5 Å². The molecule has 1 amide bonds. The fourth-order valence-electron chi connectivity index (χ4n) is 2.11. The van der Waals surface area contributed by atoms with Crippen LogP contribution in [0.4, 0.5) is 5.69 Å². The molecule has 0 aliphatic carbocycles. The first-order chi connectivity index (χ1) is 12.1. The number of rotatable bonds is 9. The highest BCUT2D eigenvalue weighted by molar-refractivity contribution is 5.92. The summed E-state index contributed by atoms with van der Waals surface area (Å²) in [6.45, 7) is 7.04. The standard InChI is InChI=1S/C20H24N2O3/c1-15(2)14-25-19-10-6-17(7-11-19)22-20(23)13-21-12-16-4-8-18(24-3)9-5-16/h4-11,21H,1,12-14H2,2-3H3,(H,22,23). The van der Waals surface area contributed by atoms with E-state index in [4.69, 9.17) is 9.47 Å². The summed E-state index contributed by atoms with van der Waals surface area (Å²) in [5.74, 6) is 1.47. The third-order valence-corrected chi connectivity index (χ3v) is 3.40. The lowest BCUT2D eigenvalue weighted by Gasteiger charge is -2.09. The summed E-state index contributed by atoms with van der Waals surface area (Å²) in [6, 6.07) is 15.0. The van der Waals surface area contributed by atoms with E-state index in [0.29, 0.717) is 13.2 Å². The Balaban J connectivity index is 1.73. The second-order valence-electron chi connectivity index (χ2n) is 5.77. The van der Waals surface area contributed by atoms with Crippen LogP contribution in [0, 0.1) is 0 Å². The van der Waals surface area contributed by atoms with Gasteiger partial charge in [0.25, 0.3) is 0 Å². The molecular formula is C20H24N2O3. The molecule has 2 rings (SSSR count). The van der Waals surface area contributed by atoms with Crippen LogP contribution in [-0.4, -0.2) is 26.2 Å². The second-order valence-corrected chi connectivity index (χ2v) is 5.77. The van der Waals surface area contributed by atoms with E-state index < -0.39 is 0 Å². The Morgan fingerprint density at radius 1 is 1.04 bits per heavy atom. The first-order valence-electron chi connectivity index (χ1n) is 8.07. The van der Waals surface area contributed by atoms with Gasteiger partial charge >= 0.3 is 0 Å². The van der Waals surface area contributed by atoms with Crippen LogP contribution in [0.25, 0.3) is 0 Å². The van der Waals surface area contributed by atoms with E-state index in [1.807, 2.05) is 55.5 Å². The van der Waals surface area contributed by atoms with Crippen molar-refractivity contribution >= 4 is 11.6 Å². The van der Waals surface area contributed by atoms with Crippen LogP contribution >= 0.6 is 0 Å². The number of nitrogens with one attached hydrogen (secondary N) is 2. The van der Waals surface area contributed by atoms with Gasteiger partial charge < -0.3 is 20.1 Å². The second kappa shape index (κ2) is 9.49. The van der Waals surface area contributed by atoms with E-state index in [9.17, 15) is 4.79 Å². The monoisotopic (exact) mass is 340 g/mol. The zero-order valence-electron chi connectivity index (χ0n) is 14.7. The van der Waals surface area contributed by atoms with Crippen LogP contribution in [0.3, 0.4) is 0 Å². The highest BCUT2D eigenvalue weighted by Crippen LogP contribution is 2.16. The van der Waals surface area contributed by atoms with Gasteiger partial charge in [0, 0.05) is 12.2 Å². The molecule has 2 aromatic carbocycles. The van der Waals surface area contributed by atoms with Crippen molar-refractivity contribution < 1.29 is 14.3 Å². The highest BCUT2D eigenvalue weighted by atomic mass is 16.5. The average molecular weight is 340 g/mol. The van der Waals surface area contributed by atoms with Crippen LogP contribution in [-0.2, 0) is 11.3 Å². The third kappa shape index (κ3) is 6.69. The Morgan fingerprint density at radius 2 is 1.68 bits per heavy atom. The smallest absolute Gasteiger partial charge is 0.238 e.